The van der Waals surface area contributed by atoms with Crippen LogP contribution in [0.2, 0.25) is 0 Å². The number of methoxy groups -OCH3 is 1. The number of phenolic OH excluding ortho intramolecular Hbond substituents is 2. The quantitative estimate of drug-likeness (QED) is 0.458. The lowest BCUT2D eigenvalue weighted by Crippen LogP contribution is -2.58. The number of fused-ring (bicyclic) bond motifs is 2. The van der Waals surface area contributed by atoms with Gasteiger partial charge in [-0.15, -0.1) is 0 Å². The number of ether oxygens (including phenoxy) is 3. The van der Waals surface area contributed by atoms with Crippen LogP contribution in [-0.2, 0) is 19.0 Å². The first-order chi connectivity index (χ1) is 15.5. The number of rotatable bonds is 5. The molecule has 3 N–H and O–H groups in total. The molecule has 0 saturated heterocycles. The second kappa shape index (κ2) is 8.54. The molecule has 2 aliphatic heterocycles. The van der Waals surface area contributed by atoms with Gasteiger partial charge in [-0.05, 0) is 57.9 Å². The van der Waals surface area contributed by atoms with Crippen LogP contribution in [-0.4, -0.2) is 52.1 Å². The SMILES string of the molecule is COC(C)(C)C1=CC2C(O)C3C(=O)C(c4ccc(O)c(O)c4)=COC3C(CC=C(C)C)C2O1. The van der Waals surface area contributed by atoms with Gasteiger partial charge in [-0.25, -0.2) is 0 Å². The normalized spacial score (nSPS) is 30.9. The van der Waals surface area contributed by atoms with E-state index in [1.54, 1.807) is 13.2 Å². The molecule has 1 aliphatic carbocycles. The number of carbonyl (C=O) groups excluding carboxylic acids is 1. The van der Waals surface area contributed by atoms with Crippen molar-refractivity contribution in [2.24, 2.45) is 17.8 Å². The number of phenols is 2. The molecule has 7 heteroatoms. The standard InChI is InChI=1S/C26H32O7/c1-13(2)6-8-15-24-16(11-20(33-24)26(3,4)31-5)22(29)21-23(30)17(12-32-25(15)21)14-7-9-18(27)19(28)10-14/h6-7,9-12,15-16,21-22,24-25,27-29H,8H2,1-5H3. The van der Waals surface area contributed by atoms with Crippen molar-refractivity contribution in [2.45, 2.75) is 58.0 Å². The van der Waals surface area contributed by atoms with Crippen LogP contribution in [0.4, 0.5) is 0 Å². The number of aliphatic hydroxyl groups is 1. The minimum absolute atomic E-state index is 0.158. The fourth-order valence-electron chi connectivity index (χ4n) is 4.95. The predicted octanol–water partition coefficient (Wildman–Crippen LogP) is 3.69. The van der Waals surface area contributed by atoms with E-state index in [0.29, 0.717) is 17.7 Å². The monoisotopic (exact) mass is 456 g/mol. The summed E-state index contributed by atoms with van der Waals surface area (Å²) in [4.78, 5) is 13.6. The van der Waals surface area contributed by atoms with Crippen molar-refractivity contribution in [2.75, 3.05) is 7.11 Å². The molecule has 33 heavy (non-hydrogen) atoms. The summed E-state index contributed by atoms with van der Waals surface area (Å²) in [5.41, 5.74) is 1.16. The van der Waals surface area contributed by atoms with Crippen LogP contribution in [0, 0.1) is 17.8 Å². The topological polar surface area (TPSA) is 105 Å². The van der Waals surface area contributed by atoms with Gasteiger partial charge in [0, 0.05) is 18.9 Å². The number of benzene rings is 1. The number of hydrogen-bond acceptors (Lipinski definition) is 7. The first-order valence-electron chi connectivity index (χ1n) is 11.2. The fraction of sp³-hybridized carbons (Fsp3) is 0.500. The summed E-state index contributed by atoms with van der Waals surface area (Å²) in [7, 11) is 1.61. The fourth-order valence-corrected chi connectivity index (χ4v) is 4.95. The molecule has 1 aromatic carbocycles. The number of Topliss-reactive ketones (excluding diaryl/α,β-unsaturated/α-hetero) is 1. The van der Waals surface area contributed by atoms with Crippen LogP contribution in [0.3, 0.4) is 0 Å². The lowest BCUT2D eigenvalue weighted by atomic mass is 9.65. The Hall–Kier alpha value is -2.77. The van der Waals surface area contributed by atoms with Crippen LogP contribution in [0.15, 0.2) is 47.9 Å². The molecule has 2 heterocycles. The average molecular weight is 457 g/mol. The Bertz CT molecular complexity index is 1030. The van der Waals surface area contributed by atoms with E-state index >= 15 is 0 Å². The van der Waals surface area contributed by atoms with Gasteiger partial charge in [-0.3, -0.25) is 4.79 Å². The van der Waals surface area contributed by atoms with Gasteiger partial charge >= 0.3 is 0 Å². The third-order valence-corrected chi connectivity index (χ3v) is 7.05. The van der Waals surface area contributed by atoms with Crippen molar-refractivity contribution >= 4 is 11.4 Å². The lowest BCUT2D eigenvalue weighted by Gasteiger charge is -2.47. The number of allylic oxidation sites excluding steroid dienone is 3. The molecule has 0 bridgehead atoms. The zero-order chi connectivity index (χ0) is 24.1. The zero-order valence-electron chi connectivity index (χ0n) is 19.6. The van der Waals surface area contributed by atoms with Gasteiger partial charge in [0.05, 0.1) is 23.9 Å². The largest absolute Gasteiger partial charge is 0.504 e. The Kier molecular flexibility index (Phi) is 6.05. The highest BCUT2D eigenvalue weighted by Crippen LogP contribution is 2.49. The number of ketones is 1. The minimum atomic E-state index is -1.00. The maximum absolute atomic E-state index is 13.6. The van der Waals surface area contributed by atoms with Crippen molar-refractivity contribution in [1.82, 2.24) is 0 Å². The molecular formula is C26H32O7. The number of aromatic hydroxyl groups is 2. The van der Waals surface area contributed by atoms with Crippen molar-refractivity contribution in [3.8, 4) is 11.5 Å². The molecule has 4 rings (SSSR count). The van der Waals surface area contributed by atoms with E-state index in [1.807, 2.05) is 33.8 Å². The minimum Gasteiger partial charge on any atom is -0.504 e. The molecule has 6 atom stereocenters. The van der Waals surface area contributed by atoms with E-state index in [9.17, 15) is 20.1 Å². The summed E-state index contributed by atoms with van der Waals surface area (Å²) in [6.07, 6.45) is 4.13. The van der Waals surface area contributed by atoms with Crippen LogP contribution in [0.5, 0.6) is 11.5 Å². The van der Waals surface area contributed by atoms with E-state index in [2.05, 4.69) is 6.08 Å². The highest BCUT2D eigenvalue weighted by molar-refractivity contribution is 6.22. The first-order valence-corrected chi connectivity index (χ1v) is 11.2. The third kappa shape index (κ3) is 4.04. The van der Waals surface area contributed by atoms with E-state index < -0.39 is 23.7 Å². The van der Waals surface area contributed by atoms with Gasteiger partial charge in [0.1, 0.15) is 23.6 Å². The molecule has 1 saturated carbocycles. The second-order valence-electron chi connectivity index (χ2n) is 9.80. The Morgan fingerprint density at radius 2 is 1.91 bits per heavy atom. The molecule has 3 aliphatic rings. The predicted molar refractivity (Wildman–Crippen MR) is 122 cm³/mol. The van der Waals surface area contributed by atoms with Gasteiger partial charge in [0.25, 0.3) is 0 Å². The highest BCUT2D eigenvalue weighted by atomic mass is 16.6. The smallest absolute Gasteiger partial charge is 0.175 e. The van der Waals surface area contributed by atoms with Crippen LogP contribution in [0.1, 0.15) is 39.7 Å². The third-order valence-electron chi connectivity index (χ3n) is 7.05. The maximum atomic E-state index is 13.6. The van der Waals surface area contributed by atoms with Gasteiger partial charge in [-0.1, -0.05) is 17.7 Å². The zero-order valence-corrected chi connectivity index (χ0v) is 19.6. The molecule has 0 amide bonds. The molecule has 0 aromatic heterocycles. The van der Waals surface area contributed by atoms with Crippen molar-refractivity contribution in [3.63, 3.8) is 0 Å². The lowest BCUT2D eigenvalue weighted by molar-refractivity contribution is -0.159. The van der Waals surface area contributed by atoms with Gasteiger partial charge in [0.2, 0.25) is 0 Å². The highest BCUT2D eigenvalue weighted by Gasteiger charge is 2.58. The van der Waals surface area contributed by atoms with Crippen LogP contribution < -0.4 is 0 Å². The molecule has 0 spiro atoms. The Labute approximate surface area is 194 Å². The van der Waals surface area contributed by atoms with Crippen molar-refractivity contribution in [3.05, 3.63) is 53.5 Å². The van der Waals surface area contributed by atoms with E-state index in [0.717, 1.165) is 5.57 Å². The Balaban J connectivity index is 1.73. The summed E-state index contributed by atoms with van der Waals surface area (Å²) >= 11 is 0. The first kappa shape index (κ1) is 23.4. The van der Waals surface area contributed by atoms with Crippen LogP contribution >= 0.6 is 0 Å². The van der Waals surface area contributed by atoms with Crippen LogP contribution in [0.25, 0.3) is 5.57 Å². The van der Waals surface area contributed by atoms with Gasteiger partial charge < -0.3 is 29.5 Å². The van der Waals surface area contributed by atoms with Gasteiger partial charge in [-0.2, -0.15) is 0 Å². The summed E-state index contributed by atoms with van der Waals surface area (Å²) in [5, 5.41) is 30.9. The summed E-state index contributed by atoms with van der Waals surface area (Å²) < 4.78 is 18.0. The summed E-state index contributed by atoms with van der Waals surface area (Å²) in [5.74, 6) is -1.54. The molecular weight excluding hydrogens is 424 g/mol. The maximum Gasteiger partial charge on any atom is 0.175 e. The number of carbonyl (C=O) groups is 1. The Morgan fingerprint density at radius 3 is 2.55 bits per heavy atom. The molecule has 178 valence electrons. The van der Waals surface area contributed by atoms with Gasteiger partial charge in [0.15, 0.2) is 17.3 Å². The second-order valence-corrected chi connectivity index (χ2v) is 9.80. The molecule has 1 aromatic rings. The molecule has 6 unspecified atom stereocenters. The Morgan fingerprint density at radius 1 is 1.18 bits per heavy atom. The van der Waals surface area contributed by atoms with Crippen molar-refractivity contribution in [1.29, 1.82) is 0 Å². The molecule has 0 radical (unpaired) electrons. The molecule has 7 nitrogen and oxygen atoms in total. The van der Waals surface area contributed by atoms with E-state index in [4.69, 9.17) is 14.2 Å². The number of hydrogen-bond donors (Lipinski definition) is 3. The van der Waals surface area contributed by atoms with Crippen molar-refractivity contribution < 1.29 is 34.3 Å². The summed E-state index contributed by atoms with van der Waals surface area (Å²) in [6.45, 7) is 7.84. The number of aliphatic hydroxyl groups excluding tert-OH is 1. The van der Waals surface area contributed by atoms with E-state index in [1.165, 1.54) is 18.4 Å². The summed E-state index contributed by atoms with van der Waals surface area (Å²) in [6, 6.07) is 4.18. The molecule has 1 fully saturated rings. The van der Waals surface area contributed by atoms with E-state index in [-0.39, 0.29) is 40.8 Å². The average Bonchev–Trinajstić information content (AvgIpc) is 3.22.